The van der Waals surface area contributed by atoms with E-state index in [1.165, 1.54) is 0 Å². The Bertz CT molecular complexity index is 369. The lowest BCUT2D eigenvalue weighted by atomic mass is 9.80. The molecule has 0 spiro atoms. The Hall–Kier alpha value is -0.670. The van der Waals surface area contributed by atoms with Crippen LogP contribution in [0.15, 0.2) is 24.3 Å². The van der Waals surface area contributed by atoms with Gasteiger partial charge in [-0.05, 0) is 29.9 Å². The van der Waals surface area contributed by atoms with E-state index in [-0.39, 0.29) is 0 Å². The van der Waals surface area contributed by atoms with Crippen molar-refractivity contribution in [1.82, 2.24) is 0 Å². The van der Waals surface area contributed by atoms with Gasteiger partial charge in [-0.3, -0.25) is 4.79 Å². The molecule has 0 aliphatic carbocycles. The van der Waals surface area contributed by atoms with Crippen molar-refractivity contribution in [2.45, 2.75) is 11.8 Å². The fourth-order valence-electron chi connectivity index (χ4n) is 1.85. The first kappa shape index (κ1) is 10.8. The molecular weight excluding hydrogens is 232 g/mol. The lowest BCUT2D eigenvalue weighted by Crippen LogP contribution is -2.35. The summed E-state index contributed by atoms with van der Waals surface area (Å²) in [4.78, 5) is 11.4. The van der Waals surface area contributed by atoms with Gasteiger partial charge in [-0.1, -0.05) is 23.7 Å². The number of thioether (sulfide) groups is 1. The van der Waals surface area contributed by atoms with Gasteiger partial charge in [0.25, 0.3) is 0 Å². The van der Waals surface area contributed by atoms with Gasteiger partial charge in [0.1, 0.15) is 5.41 Å². The third kappa shape index (κ3) is 1.86. The van der Waals surface area contributed by atoms with Gasteiger partial charge in [0.05, 0.1) is 0 Å². The van der Waals surface area contributed by atoms with Crippen molar-refractivity contribution in [3.8, 4) is 0 Å². The molecule has 80 valence electrons. The van der Waals surface area contributed by atoms with E-state index in [4.69, 9.17) is 11.6 Å². The van der Waals surface area contributed by atoms with Crippen LogP contribution in [0.3, 0.4) is 0 Å². The van der Waals surface area contributed by atoms with Crippen molar-refractivity contribution >= 4 is 29.3 Å². The number of carboxylic acid groups (broad SMARTS) is 1. The number of carbonyl (C=O) groups is 1. The van der Waals surface area contributed by atoms with E-state index in [2.05, 4.69) is 0 Å². The van der Waals surface area contributed by atoms with Crippen molar-refractivity contribution in [3.63, 3.8) is 0 Å². The maximum absolute atomic E-state index is 11.4. The highest BCUT2D eigenvalue weighted by atomic mass is 35.5. The third-order valence-electron chi connectivity index (χ3n) is 2.83. The standard InChI is InChI=1S/C11H11ClO2S/c12-9-3-1-8(2-4-9)11(10(13)14)5-6-15-7-11/h1-4H,5-7H2,(H,13,14). The number of hydrogen-bond donors (Lipinski definition) is 1. The van der Waals surface area contributed by atoms with Crippen LogP contribution in [0.1, 0.15) is 12.0 Å². The van der Waals surface area contributed by atoms with Crippen LogP contribution in [0.4, 0.5) is 0 Å². The van der Waals surface area contributed by atoms with Crippen molar-refractivity contribution < 1.29 is 9.90 Å². The number of benzene rings is 1. The summed E-state index contributed by atoms with van der Waals surface area (Å²) in [6.07, 6.45) is 0.703. The number of carboxylic acids is 1. The van der Waals surface area contributed by atoms with Crippen LogP contribution in [0.25, 0.3) is 0 Å². The Morgan fingerprint density at radius 1 is 1.40 bits per heavy atom. The maximum atomic E-state index is 11.4. The van der Waals surface area contributed by atoms with Gasteiger partial charge in [0.15, 0.2) is 0 Å². The molecule has 0 amide bonds. The molecule has 1 atom stereocenters. The van der Waals surface area contributed by atoms with Crippen LogP contribution in [-0.4, -0.2) is 22.6 Å². The monoisotopic (exact) mass is 242 g/mol. The van der Waals surface area contributed by atoms with E-state index in [0.29, 0.717) is 17.2 Å². The van der Waals surface area contributed by atoms with Crippen LogP contribution in [0, 0.1) is 0 Å². The summed E-state index contributed by atoms with van der Waals surface area (Å²) in [5.41, 5.74) is 0.166. The molecule has 1 N–H and O–H groups in total. The molecule has 0 aromatic heterocycles. The van der Waals surface area contributed by atoms with E-state index in [9.17, 15) is 9.90 Å². The first-order valence-corrected chi connectivity index (χ1v) is 6.26. The van der Waals surface area contributed by atoms with E-state index >= 15 is 0 Å². The van der Waals surface area contributed by atoms with E-state index in [1.807, 2.05) is 12.1 Å². The first-order valence-electron chi connectivity index (χ1n) is 4.72. The molecule has 4 heteroatoms. The van der Waals surface area contributed by atoms with Crippen molar-refractivity contribution in [1.29, 1.82) is 0 Å². The number of aliphatic carboxylic acids is 1. The van der Waals surface area contributed by atoms with Crippen molar-refractivity contribution in [3.05, 3.63) is 34.9 Å². The van der Waals surface area contributed by atoms with Gasteiger partial charge in [0, 0.05) is 10.8 Å². The molecule has 15 heavy (non-hydrogen) atoms. The fraction of sp³-hybridized carbons (Fsp3) is 0.364. The second-order valence-electron chi connectivity index (χ2n) is 3.70. The Morgan fingerprint density at radius 2 is 2.07 bits per heavy atom. The smallest absolute Gasteiger partial charge is 0.315 e. The average Bonchev–Trinajstić information content (AvgIpc) is 2.69. The molecule has 1 fully saturated rings. The van der Waals surface area contributed by atoms with Gasteiger partial charge >= 0.3 is 5.97 Å². The molecule has 1 aliphatic heterocycles. The zero-order valence-corrected chi connectivity index (χ0v) is 9.64. The SMILES string of the molecule is O=C(O)C1(c2ccc(Cl)cc2)CCSC1. The minimum atomic E-state index is -0.727. The average molecular weight is 243 g/mol. The molecule has 2 rings (SSSR count). The lowest BCUT2D eigenvalue weighted by molar-refractivity contribution is -0.142. The van der Waals surface area contributed by atoms with Crippen molar-refractivity contribution in [2.24, 2.45) is 0 Å². The van der Waals surface area contributed by atoms with Crippen LogP contribution in [0.2, 0.25) is 5.02 Å². The molecule has 0 saturated carbocycles. The molecule has 1 aromatic rings. The van der Waals surface area contributed by atoms with Crippen LogP contribution in [0.5, 0.6) is 0 Å². The predicted octanol–water partition coefficient (Wildman–Crippen LogP) is 2.80. The molecule has 0 bridgehead atoms. The molecule has 0 radical (unpaired) electrons. The quantitative estimate of drug-likeness (QED) is 0.867. The number of rotatable bonds is 2. The molecule has 1 unspecified atom stereocenters. The van der Waals surface area contributed by atoms with E-state index in [1.54, 1.807) is 23.9 Å². The van der Waals surface area contributed by atoms with Gasteiger partial charge in [-0.25, -0.2) is 0 Å². The van der Waals surface area contributed by atoms with Gasteiger partial charge in [0.2, 0.25) is 0 Å². The van der Waals surface area contributed by atoms with E-state index in [0.717, 1.165) is 11.3 Å². The summed E-state index contributed by atoms with van der Waals surface area (Å²) in [5.74, 6) is 0.841. The molecule has 2 nitrogen and oxygen atoms in total. The molecular formula is C11H11ClO2S. The Morgan fingerprint density at radius 3 is 2.53 bits per heavy atom. The first-order chi connectivity index (χ1) is 7.15. The topological polar surface area (TPSA) is 37.3 Å². The summed E-state index contributed by atoms with van der Waals surface area (Å²) < 4.78 is 0. The molecule has 1 aliphatic rings. The Balaban J connectivity index is 2.41. The van der Waals surface area contributed by atoms with E-state index < -0.39 is 11.4 Å². The number of hydrogen-bond acceptors (Lipinski definition) is 2. The number of halogens is 1. The summed E-state index contributed by atoms with van der Waals surface area (Å²) in [6, 6.07) is 7.15. The summed E-state index contributed by atoms with van der Waals surface area (Å²) in [6.45, 7) is 0. The van der Waals surface area contributed by atoms with Crippen LogP contribution >= 0.6 is 23.4 Å². The Kier molecular flexibility index (Phi) is 2.94. The zero-order chi connectivity index (χ0) is 10.9. The highest BCUT2D eigenvalue weighted by Crippen LogP contribution is 2.39. The summed E-state index contributed by atoms with van der Waals surface area (Å²) in [7, 11) is 0. The van der Waals surface area contributed by atoms with Crippen LogP contribution < -0.4 is 0 Å². The minimum absolute atomic E-state index is 0.643. The highest BCUT2D eigenvalue weighted by molar-refractivity contribution is 7.99. The molecule has 1 heterocycles. The zero-order valence-electron chi connectivity index (χ0n) is 8.07. The fourth-order valence-corrected chi connectivity index (χ4v) is 3.40. The van der Waals surface area contributed by atoms with Crippen LogP contribution in [-0.2, 0) is 10.2 Å². The second kappa shape index (κ2) is 4.06. The van der Waals surface area contributed by atoms with Gasteiger partial charge < -0.3 is 5.11 Å². The Labute approximate surface area is 97.6 Å². The molecule has 1 saturated heterocycles. The lowest BCUT2D eigenvalue weighted by Gasteiger charge is -2.23. The molecule has 1 aromatic carbocycles. The van der Waals surface area contributed by atoms with Gasteiger partial charge in [-0.2, -0.15) is 11.8 Å². The third-order valence-corrected chi connectivity index (χ3v) is 4.27. The normalized spacial score (nSPS) is 25.4. The highest BCUT2D eigenvalue weighted by Gasteiger charge is 2.43. The predicted molar refractivity (Wildman–Crippen MR) is 62.7 cm³/mol. The largest absolute Gasteiger partial charge is 0.481 e. The van der Waals surface area contributed by atoms with Gasteiger partial charge in [-0.15, -0.1) is 0 Å². The summed E-state index contributed by atoms with van der Waals surface area (Å²) >= 11 is 7.49. The minimum Gasteiger partial charge on any atom is -0.481 e. The summed E-state index contributed by atoms with van der Waals surface area (Å²) in [5, 5.41) is 9.98. The second-order valence-corrected chi connectivity index (χ2v) is 5.24. The maximum Gasteiger partial charge on any atom is 0.315 e. The van der Waals surface area contributed by atoms with Crippen molar-refractivity contribution in [2.75, 3.05) is 11.5 Å².